The number of hydrogen-bond donors (Lipinski definition) is 2. The largest absolute Gasteiger partial charge is 0.382 e. The zero-order valence-electron chi connectivity index (χ0n) is 16.3. The summed E-state index contributed by atoms with van der Waals surface area (Å²) in [5.41, 5.74) is 7.61. The molecule has 0 atom stereocenters. The Hall–Kier alpha value is -2.22. The maximum atomic E-state index is 4.30. The minimum Gasteiger partial charge on any atom is -0.382 e. The van der Waals surface area contributed by atoms with Gasteiger partial charge in [0.2, 0.25) is 0 Å². The van der Waals surface area contributed by atoms with E-state index in [1.165, 1.54) is 53.6 Å². The second kappa shape index (κ2) is 8.93. The molecule has 1 aliphatic rings. The van der Waals surface area contributed by atoms with Gasteiger partial charge in [-0.15, -0.1) is 0 Å². The summed E-state index contributed by atoms with van der Waals surface area (Å²) in [5.74, 6) is 0. The molecule has 0 saturated heterocycles. The molecule has 2 N–H and O–H groups in total. The Kier molecular flexibility index (Phi) is 6.38. The zero-order valence-corrected chi connectivity index (χ0v) is 16.3. The monoisotopic (exact) mass is 348 g/mol. The number of hydrogen-bond acceptors (Lipinski definition) is 2. The molecule has 2 heteroatoms. The predicted molar refractivity (Wildman–Crippen MR) is 113 cm³/mol. The highest BCUT2D eigenvalue weighted by atomic mass is 14.9. The number of rotatable bonds is 8. The van der Waals surface area contributed by atoms with Crippen molar-refractivity contribution >= 4 is 11.4 Å². The van der Waals surface area contributed by atoms with Crippen molar-refractivity contribution < 1.29 is 0 Å². The number of nitrogens with one attached hydrogen (secondary N) is 2. The van der Waals surface area contributed by atoms with E-state index in [1.807, 2.05) is 0 Å². The van der Waals surface area contributed by atoms with Gasteiger partial charge in [-0.25, -0.2) is 0 Å². The summed E-state index contributed by atoms with van der Waals surface area (Å²) in [6.07, 6.45) is 7.42. The minimum atomic E-state index is 0.609. The van der Waals surface area contributed by atoms with E-state index in [0.717, 1.165) is 25.1 Å². The van der Waals surface area contributed by atoms with E-state index >= 15 is 0 Å². The van der Waals surface area contributed by atoms with Crippen LogP contribution in [-0.4, -0.2) is 6.04 Å². The van der Waals surface area contributed by atoms with E-state index in [0.29, 0.717) is 6.04 Å². The fourth-order valence-electron chi connectivity index (χ4n) is 3.93. The first kappa shape index (κ1) is 18.6. The first-order valence-corrected chi connectivity index (χ1v) is 10.1. The molecule has 2 aromatic carbocycles. The van der Waals surface area contributed by atoms with Crippen LogP contribution in [0, 0.1) is 0 Å². The molecular weight excluding hydrogens is 316 g/mol. The van der Waals surface area contributed by atoms with Crippen LogP contribution in [0.2, 0.25) is 0 Å². The Labute approximate surface area is 158 Å². The molecule has 0 radical (unpaired) electrons. The molecule has 1 aliphatic carbocycles. The van der Waals surface area contributed by atoms with Crippen LogP contribution in [0.15, 0.2) is 49.0 Å². The van der Waals surface area contributed by atoms with Gasteiger partial charge in [0.05, 0.1) is 0 Å². The molecule has 0 amide bonds. The van der Waals surface area contributed by atoms with E-state index in [4.69, 9.17) is 0 Å². The van der Waals surface area contributed by atoms with E-state index < -0.39 is 0 Å². The Morgan fingerprint density at radius 3 is 2.46 bits per heavy atom. The Balaban J connectivity index is 1.67. The van der Waals surface area contributed by atoms with Gasteiger partial charge in [-0.3, -0.25) is 0 Å². The summed E-state index contributed by atoms with van der Waals surface area (Å²) in [7, 11) is 0. The lowest BCUT2D eigenvalue weighted by Crippen LogP contribution is -2.18. The molecule has 0 unspecified atom stereocenters. The number of aryl methyl sites for hydroxylation is 2. The maximum absolute atomic E-state index is 4.30. The van der Waals surface area contributed by atoms with Crippen molar-refractivity contribution in [2.45, 2.75) is 65.0 Å². The van der Waals surface area contributed by atoms with Gasteiger partial charge in [-0.2, -0.15) is 0 Å². The van der Waals surface area contributed by atoms with Crippen LogP contribution >= 0.6 is 0 Å². The van der Waals surface area contributed by atoms with Gasteiger partial charge in [-0.05, 0) is 48.4 Å². The van der Waals surface area contributed by atoms with Crippen LogP contribution in [0.25, 0.3) is 5.70 Å². The number of para-hydroxylation sites is 1. The summed E-state index contributed by atoms with van der Waals surface area (Å²) < 4.78 is 0. The molecule has 0 aliphatic heterocycles. The maximum Gasteiger partial charge on any atom is 0.0436 e. The molecule has 0 aromatic heterocycles. The zero-order chi connectivity index (χ0) is 18.4. The molecule has 2 nitrogen and oxygen atoms in total. The van der Waals surface area contributed by atoms with Gasteiger partial charge in [-0.1, -0.05) is 69.7 Å². The Morgan fingerprint density at radius 1 is 1.00 bits per heavy atom. The van der Waals surface area contributed by atoms with Crippen molar-refractivity contribution in [2.75, 3.05) is 5.32 Å². The second-order valence-electron chi connectivity index (χ2n) is 7.31. The second-order valence-corrected chi connectivity index (χ2v) is 7.31. The summed E-state index contributed by atoms with van der Waals surface area (Å²) >= 11 is 0. The van der Waals surface area contributed by atoms with Crippen molar-refractivity contribution in [3.63, 3.8) is 0 Å². The average molecular weight is 349 g/mol. The summed E-state index contributed by atoms with van der Waals surface area (Å²) in [4.78, 5) is 0. The lowest BCUT2D eigenvalue weighted by Gasteiger charge is -2.19. The van der Waals surface area contributed by atoms with Crippen LogP contribution < -0.4 is 10.6 Å². The molecule has 26 heavy (non-hydrogen) atoms. The third-order valence-electron chi connectivity index (χ3n) is 5.51. The Morgan fingerprint density at radius 2 is 1.73 bits per heavy atom. The molecule has 3 rings (SSSR count). The molecule has 1 saturated carbocycles. The molecule has 0 heterocycles. The highest BCUT2D eigenvalue weighted by molar-refractivity contribution is 5.74. The number of anilines is 1. The van der Waals surface area contributed by atoms with Gasteiger partial charge in [0.15, 0.2) is 0 Å². The van der Waals surface area contributed by atoms with Crippen molar-refractivity contribution in [1.82, 2.24) is 5.32 Å². The lowest BCUT2D eigenvalue weighted by molar-refractivity contribution is 0.754. The highest BCUT2D eigenvalue weighted by Crippen LogP contribution is 2.27. The van der Waals surface area contributed by atoms with Gasteiger partial charge in [0, 0.05) is 29.5 Å². The average Bonchev–Trinajstić information content (AvgIpc) is 3.19. The first-order valence-electron chi connectivity index (χ1n) is 10.1. The van der Waals surface area contributed by atoms with Crippen molar-refractivity contribution in [3.05, 3.63) is 71.3 Å². The normalized spacial score (nSPS) is 14.4. The van der Waals surface area contributed by atoms with Crippen molar-refractivity contribution in [2.24, 2.45) is 0 Å². The van der Waals surface area contributed by atoms with Crippen molar-refractivity contribution in [1.29, 1.82) is 0 Å². The molecule has 0 bridgehead atoms. The molecule has 1 fully saturated rings. The quantitative estimate of drug-likeness (QED) is 0.618. The first-order chi connectivity index (χ1) is 12.7. The third-order valence-corrected chi connectivity index (χ3v) is 5.51. The fourth-order valence-corrected chi connectivity index (χ4v) is 3.93. The highest BCUT2D eigenvalue weighted by Gasteiger charge is 2.16. The smallest absolute Gasteiger partial charge is 0.0436 e. The fraction of sp³-hybridized carbons (Fsp3) is 0.417. The summed E-state index contributed by atoms with van der Waals surface area (Å²) in [6.45, 7) is 9.57. The Bertz CT molecular complexity index is 742. The van der Waals surface area contributed by atoms with Crippen LogP contribution in [0.5, 0.6) is 0 Å². The van der Waals surface area contributed by atoms with Gasteiger partial charge >= 0.3 is 0 Å². The lowest BCUT2D eigenvalue weighted by atomic mass is 10.00. The molecule has 138 valence electrons. The van der Waals surface area contributed by atoms with Gasteiger partial charge in [0.1, 0.15) is 0 Å². The SMILES string of the molecule is C=C(NCc1ccc(CC)c(CC)c1)c1ccccc1NC1CCCC1. The van der Waals surface area contributed by atoms with Crippen LogP contribution in [0.3, 0.4) is 0 Å². The van der Waals surface area contributed by atoms with E-state index in [1.54, 1.807) is 0 Å². The minimum absolute atomic E-state index is 0.609. The van der Waals surface area contributed by atoms with Crippen LogP contribution in [0.1, 0.15) is 61.8 Å². The molecular formula is C24H32N2. The van der Waals surface area contributed by atoms with Gasteiger partial charge < -0.3 is 10.6 Å². The molecule has 2 aromatic rings. The topological polar surface area (TPSA) is 24.1 Å². The number of benzene rings is 2. The molecule has 0 spiro atoms. The van der Waals surface area contributed by atoms with Crippen LogP contribution in [0.4, 0.5) is 5.69 Å². The predicted octanol–water partition coefficient (Wildman–Crippen LogP) is 5.93. The van der Waals surface area contributed by atoms with E-state index in [9.17, 15) is 0 Å². The van der Waals surface area contributed by atoms with Gasteiger partial charge in [0.25, 0.3) is 0 Å². The third kappa shape index (κ3) is 4.49. The summed E-state index contributed by atoms with van der Waals surface area (Å²) in [6, 6.07) is 16.0. The standard InChI is InChI=1S/C24H32N2/c1-4-20-15-14-19(16-21(20)5-2)17-25-18(3)23-12-8-9-13-24(23)26-22-10-6-7-11-22/h8-9,12-16,22,25-26H,3-7,10-11,17H2,1-2H3. The van der Waals surface area contributed by atoms with E-state index in [2.05, 4.69) is 73.5 Å². The van der Waals surface area contributed by atoms with E-state index in [-0.39, 0.29) is 0 Å². The van der Waals surface area contributed by atoms with Crippen molar-refractivity contribution in [3.8, 4) is 0 Å². The summed E-state index contributed by atoms with van der Waals surface area (Å²) in [5, 5.41) is 7.26. The van der Waals surface area contributed by atoms with Crippen LogP contribution in [-0.2, 0) is 19.4 Å².